The average molecular weight is 471 g/mol. The molecule has 0 heterocycles. The number of ketones is 2. The number of phenolic OH excluding ortho intramolecular Hbond substituents is 1. The van der Waals surface area contributed by atoms with Gasteiger partial charge in [-0.3, -0.25) is 9.59 Å². The number of alkyl halides is 2. The molecule has 0 unspecified atom stereocenters. The van der Waals surface area contributed by atoms with Crippen molar-refractivity contribution in [2.24, 2.45) is 0 Å². The molecule has 0 aliphatic rings. The lowest BCUT2D eigenvalue weighted by Gasteiger charge is -2.10. The van der Waals surface area contributed by atoms with Crippen LogP contribution < -0.4 is 14.2 Å². The quantitative estimate of drug-likeness (QED) is 0.265. The van der Waals surface area contributed by atoms with Gasteiger partial charge < -0.3 is 19.3 Å². The fourth-order valence-corrected chi connectivity index (χ4v) is 2.56. The first kappa shape index (κ1) is 26.6. The molecule has 170 valence electrons. The maximum absolute atomic E-state index is 11.2. The van der Waals surface area contributed by atoms with E-state index in [9.17, 15) is 14.7 Å². The van der Waals surface area contributed by atoms with Crippen LogP contribution in [0.15, 0.2) is 36.4 Å². The molecule has 1 N–H and O–H groups in total. The van der Waals surface area contributed by atoms with E-state index in [1.54, 1.807) is 37.4 Å². The summed E-state index contributed by atoms with van der Waals surface area (Å²) in [7, 11) is 1.55. The van der Waals surface area contributed by atoms with Gasteiger partial charge in [-0.1, -0.05) is 0 Å². The number of aromatic hydroxyl groups is 1. The van der Waals surface area contributed by atoms with Crippen LogP contribution in [0.25, 0.3) is 0 Å². The van der Waals surface area contributed by atoms with Crippen LogP contribution in [0.1, 0.15) is 47.4 Å². The highest BCUT2D eigenvalue weighted by Crippen LogP contribution is 2.28. The number of benzene rings is 2. The maximum atomic E-state index is 11.2. The molecule has 8 heteroatoms. The van der Waals surface area contributed by atoms with Crippen molar-refractivity contribution in [3.8, 4) is 23.0 Å². The molecule has 0 aromatic heterocycles. The van der Waals surface area contributed by atoms with Crippen LogP contribution in [0.2, 0.25) is 0 Å². The van der Waals surface area contributed by atoms with E-state index in [2.05, 4.69) is 0 Å². The zero-order valence-corrected chi connectivity index (χ0v) is 19.5. The van der Waals surface area contributed by atoms with Gasteiger partial charge in [-0.25, -0.2) is 0 Å². The molecule has 0 bridgehead atoms. The summed E-state index contributed by atoms with van der Waals surface area (Å²) < 4.78 is 15.9. The summed E-state index contributed by atoms with van der Waals surface area (Å²) in [5.41, 5.74) is 1.08. The molecule has 0 radical (unpaired) electrons. The third-order valence-corrected chi connectivity index (χ3v) is 4.54. The summed E-state index contributed by atoms with van der Waals surface area (Å²) in [4.78, 5) is 22.2. The molecule has 2 aromatic rings. The largest absolute Gasteiger partial charge is 0.504 e. The molecule has 2 aromatic carbocycles. The summed E-state index contributed by atoms with van der Waals surface area (Å²) in [6.45, 7) is 3.96. The van der Waals surface area contributed by atoms with E-state index >= 15 is 0 Å². The Morgan fingerprint density at radius 2 is 1.29 bits per heavy atom. The SMILES string of the molecule is CC(=O)c1ccc(OCCCCl)c(O)c1.COc1cc(C(C)=O)ccc1OCCCCl. The van der Waals surface area contributed by atoms with Crippen molar-refractivity contribution in [1.29, 1.82) is 0 Å². The molecule has 0 amide bonds. The van der Waals surface area contributed by atoms with Gasteiger partial charge in [0.25, 0.3) is 0 Å². The highest BCUT2D eigenvalue weighted by Gasteiger charge is 2.08. The lowest BCUT2D eigenvalue weighted by molar-refractivity contribution is 0.100. The number of ether oxygens (including phenoxy) is 3. The summed E-state index contributed by atoms with van der Waals surface area (Å²) >= 11 is 11.0. The molecule has 0 fully saturated rings. The molecule has 0 aliphatic heterocycles. The molecule has 0 atom stereocenters. The fourth-order valence-electron chi connectivity index (χ4n) is 2.34. The topological polar surface area (TPSA) is 82.1 Å². The van der Waals surface area contributed by atoms with Crippen molar-refractivity contribution in [1.82, 2.24) is 0 Å². The Kier molecular flexibility index (Phi) is 12.5. The zero-order chi connectivity index (χ0) is 23.2. The van der Waals surface area contributed by atoms with Gasteiger partial charge in [-0.05, 0) is 63.1 Å². The number of phenols is 1. The van der Waals surface area contributed by atoms with Crippen LogP contribution in [0, 0.1) is 0 Å². The molecule has 0 aliphatic carbocycles. The van der Waals surface area contributed by atoms with Gasteiger partial charge in [0.1, 0.15) is 0 Å². The number of halogens is 2. The highest BCUT2D eigenvalue weighted by atomic mass is 35.5. The van der Waals surface area contributed by atoms with Gasteiger partial charge in [-0.2, -0.15) is 0 Å². The molecule has 6 nitrogen and oxygen atoms in total. The zero-order valence-electron chi connectivity index (χ0n) is 18.0. The van der Waals surface area contributed by atoms with Crippen molar-refractivity contribution >= 4 is 34.8 Å². The van der Waals surface area contributed by atoms with Crippen LogP contribution in [0.5, 0.6) is 23.0 Å². The van der Waals surface area contributed by atoms with Crippen LogP contribution in [-0.2, 0) is 0 Å². The lowest BCUT2D eigenvalue weighted by Crippen LogP contribution is -2.01. The van der Waals surface area contributed by atoms with E-state index in [4.69, 9.17) is 37.4 Å². The predicted octanol–water partition coefficient (Wildman–Crippen LogP) is 5.51. The predicted molar refractivity (Wildman–Crippen MR) is 123 cm³/mol. The van der Waals surface area contributed by atoms with Crippen molar-refractivity contribution < 1.29 is 28.9 Å². The average Bonchev–Trinajstić information content (AvgIpc) is 2.75. The third-order valence-electron chi connectivity index (χ3n) is 4.01. The summed E-state index contributed by atoms with van der Waals surface area (Å²) in [6.07, 6.45) is 1.49. The Labute approximate surface area is 193 Å². The van der Waals surface area contributed by atoms with Gasteiger partial charge in [-0.15, -0.1) is 23.2 Å². The summed E-state index contributed by atoms with van der Waals surface area (Å²) in [6, 6.07) is 9.75. The lowest BCUT2D eigenvalue weighted by atomic mass is 10.1. The number of rotatable bonds is 11. The molecular weight excluding hydrogens is 443 g/mol. The Hall–Kier alpha value is -2.44. The number of hydrogen-bond donors (Lipinski definition) is 1. The monoisotopic (exact) mass is 470 g/mol. The smallest absolute Gasteiger partial charge is 0.161 e. The maximum Gasteiger partial charge on any atom is 0.161 e. The van der Waals surface area contributed by atoms with Crippen LogP contribution >= 0.6 is 23.2 Å². The summed E-state index contributed by atoms with van der Waals surface area (Å²) in [5.74, 6) is 2.57. The van der Waals surface area contributed by atoms with Crippen molar-refractivity contribution in [2.45, 2.75) is 26.7 Å². The van der Waals surface area contributed by atoms with Crippen LogP contribution in [0.3, 0.4) is 0 Å². The first-order valence-corrected chi connectivity index (χ1v) is 10.8. The first-order chi connectivity index (χ1) is 14.8. The Morgan fingerprint density at radius 1 is 0.806 bits per heavy atom. The minimum atomic E-state index is -0.0855. The second-order valence-corrected chi connectivity index (χ2v) is 7.20. The fraction of sp³-hybridized carbons (Fsp3) is 0.391. The molecule has 2 rings (SSSR count). The van der Waals surface area contributed by atoms with Crippen LogP contribution in [-0.4, -0.2) is 48.8 Å². The number of methoxy groups -OCH3 is 1. The van der Waals surface area contributed by atoms with E-state index in [0.29, 0.717) is 53.3 Å². The standard InChI is InChI=1S/C12H15ClO3.C11H13ClO3/c1-9(14)10-4-5-11(12(8-10)15-2)16-7-3-6-13;1-8(13)9-3-4-11(10(14)7-9)15-6-2-5-12/h4-5,8H,3,6-7H2,1-2H3;3-4,7,14H,2,5-6H2,1H3. The van der Waals surface area contributed by atoms with Crippen LogP contribution in [0.4, 0.5) is 0 Å². The third kappa shape index (κ3) is 9.49. The Bertz CT molecular complexity index is 854. The minimum Gasteiger partial charge on any atom is -0.504 e. The van der Waals surface area contributed by atoms with Crippen molar-refractivity contribution in [3.63, 3.8) is 0 Å². The second-order valence-electron chi connectivity index (χ2n) is 6.44. The van der Waals surface area contributed by atoms with E-state index in [0.717, 1.165) is 12.8 Å². The molecule has 31 heavy (non-hydrogen) atoms. The van der Waals surface area contributed by atoms with E-state index in [1.807, 2.05) is 0 Å². The second kappa shape index (κ2) is 14.5. The molecular formula is C23H28Cl2O6. The number of carbonyl (C=O) groups excluding carboxylic acids is 2. The normalized spacial score (nSPS) is 9.97. The first-order valence-electron chi connectivity index (χ1n) is 9.74. The molecule has 0 saturated carbocycles. The number of carbonyl (C=O) groups is 2. The molecule has 0 spiro atoms. The Balaban J connectivity index is 0.000000311. The highest BCUT2D eigenvalue weighted by molar-refractivity contribution is 6.18. The van der Waals surface area contributed by atoms with E-state index in [-0.39, 0.29) is 17.3 Å². The molecule has 0 saturated heterocycles. The van der Waals surface area contributed by atoms with Gasteiger partial charge in [0.05, 0.1) is 20.3 Å². The Morgan fingerprint density at radius 3 is 1.74 bits per heavy atom. The van der Waals surface area contributed by atoms with Crippen molar-refractivity contribution in [2.75, 3.05) is 32.1 Å². The van der Waals surface area contributed by atoms with Gasteiger partial charge in [0.2, 0.25) is 0 Å². The van der Waals surface area contributed by atoms with Gasteiger partial charge in [0, 0.05) is 22.9 Å². The van der Waals surface area contributed by atoms with E-state index in [1.165, 1.54) is 19.9 Å². The van der Waals surface area contributed by atoms with Gasteiger partial charge >= 0.3 is 0 Å². The number of hydrogen-bond acceptors (Lipinski definition) is 6. The van der Waals surface area contributed by atoms with E-state index < -0.39 is 0 Å². The van der Waals surface area contributed by atoms with Crippen molar-refractivity contribution in [3.05, 3.63) is 47.5 Å². The summed E-state index contributed by atoms with van der Waals surface area (Å²) in [5, 5.41) is 9.53. The minimum absolute atomic E-state index is 0.00519. The van der Waals surface area contributed by atoms with Gasteiger partial charge in [0.15, 0.2) is 34.6 Å². The number of Topliss-reactive ketones (excluding diaryl/α,β-unsaturated/α-hetero) is 2.